The van der Waals surface area contributed by atoms with Crippen molar-refractivity contribution in [1.82, 2.24) is 9.88 Å². The van der Waals surface area contributed by atoms with E-state index in [9.17, 15) is 17.6 Å². The number of benzene rings is 2. The van der Waals surface area contributed by atoms with Gasteiger partial charge in [-0.05, 0) is 82.8 Å². The van der Waals surface area contributed by atoms with Crippen molar-refractivity contribution in [3.63, 3.8) is 0 Å². The van der Waals surface area contributed by atoms with Crippen LogP contribution in [0.5, 0.6) is 0 Å². The molecule has 3 heterocycles. The number of aromatic nitrogens is 1. The maximum absolute atomic E-state index is 13.6. The lowest BCUT2D eigenvalue weighted by atomic mass is 9.79. The van der Waals surface area contributed by atoms with Crippen molar-refractivity contribution >= 4 is 39.2 Å². The summed E-state index contributed by atoms with van der Waals surface area (Å²) >= 11 is 0. The van der Waals surface area contributed by atoms with Gasteiger partial charge in [-0.2, -0.15) is 0 Å². The summed E-state index contributed by atoms with van der Waals surface area (Å²) < 4.78 is 52.1. The first-order valence-electron chi connectivity index (χ1n) is 12.0. The maximum Gasteiger partial charge on any atom is 0.497 e. The molecule has 2 saturated heterocycles. The van der Waals surface area contributed by atoms with Gasteiger partial charge in [-0.25, -0.2) is 12.8 Å². The molecule has 190 valence electrons. The molecule has 3 aromatic rings. The molecule has 0 saturated carbocycles. The number of halogens is 1. The third-order valence-electron chi connectivity index (χ3n) is 7.63. The Morgan fingerprint density at radius 3 is 2.25 bits per heavy atom. The zero-order valence-electron chi connectivity index (χ0n) is 21.1. The van der Waals surface area contributed by atoms with Crippen molar-refractivity contribution in [2.45, 2.75) is 57.8 Å². The van der Waals surface area contributed by atoms with Gasteiger partial charge in [0.05, 0.1) is 33.8 Å². The fourth-order valence-electron chi connectivity index (χ4n) is 4.82. The van der Waals surface area contributed by atoms with Gasteiger partial charge >= 0.3 is 7.12 Å². The topological polar surface area (TPSA) is 86.6 Å². The van der Waals surface area contributed by atoms with Crippen LogP contribution in [-0.2, 0) is 19.1 Å². The summed E-state index contributed by atoms with van der Waals surface area (Å²) in [4.78, 5) is 13.2. The molecule has 10 heteroatoms. The smallest absolute Gasteiger partial charge is 0.399 e. The van der Waals surface area contributed by atoms with Gasteiger partial charge in [-0.1, -0.05) is 6.07 Å². The molecule has 2 aliphatic rings. The SMILES string of the molecule is CC1(NC(=O)c2ccc3c(B4OC(C)(C)C(C)(C)O4)cn(-c4ccc(F)cc4)c3c2)CCS(=O)(=O)C1. The van der Waals surface area contributed by atoms with Crippen molar-refractivity contribution in [2.75, 3.05) is 11.5 Å². The van der Waals surface area contributed by atoms with Crippen LogP contribution in [0, 0.1) is 5.82 Å². The highest BCUT2D eigenvalue weighted by atomic mass is 32.2. The Morgan fingerprint density at radius 1 is 1.03 bits per heavy atom. The van der Waals surface area contributed by atoms with Crippen molar-refractivity contribution in [2.24, 2.45) is 0 Å². The molecule has 1 unspecified atom stereocenters. The molecule has 7 nitrogen and oxygen atoms in total. The molecule has 2 fully saturated rings. The maximum atomic E-state index is 13.6. The van der Waals surface area contributed by atoms with Crippen molar-refractivity contribution in [1.29, 1.82) is 0 Å². The second-order valence-electron chi connectivity index (χ2n) is 11.1. The minimum atomic E-state index is -3.17. The number of carbonyl (C=O) groups excluding carboxylic acids is 1. The van der Waals surface area contributed by atoms with E-state index in [1.807, 2.05) is 44.5 Å². The molecule has 1 amide bonds. The molecule has 2 aromatic carbocycles. The van der Waals surface area contributed by atoms with Crippen molar-refractivity contribution in [3.8, 4) is 5.69 Å². The fraction of sp³-hybridized carbons (Fsp3) is 0.423. The molecule has 0 aliphatic carbocycles. The van der Waals surface area contributed by atoms with Gasteiger partial charge in [0.2, 0.25) is 0 Å². The summed E-state index contributed by atoms with van der Waals surface area (Å²) in [5, 5.41) is 3.75. The molecule has 5 rings (SSSR count). The van der Waals surface area contributed by atoms with Crippen molar-refractivity contribution < 1.29 is 26.9 Å². The Hall–Kier alpha value is -2.69. The molecule has 0 bridgehead atoms. The van der Waals surface area contributed by atoms with E-state index in [1.54, 1.807) is 31.2 Å². The van der Waals surface area contributed by atoms with Gasteiger partial charge in [-0.15, -0.1) is 0 Å². The van der Waals surface area contributed by atoms with Crippen LogP contribution in [0.2, 0.25) is 0 Å². The first-order valence-corrected chi connectivity index (χ1v) is 13.8. The lowest BCUT2D eigenvalue weighted by Crippen LogP contribution is -2.46. The van der Waals surface area contributed by atoms with E-state index < -0.39 is 33.7 Å². The van der Waals surface area contributed by atoms with E-state index in [1.165, 1.54) is 12.1 Å². The first kappa shape index (κ1) is 25.0. The number of sulfone groups is 1. The highest BCUT2D eigenvalue weighted by molar-refractivity contribution is 7.91. The summed E-state index contributed by atoms with van der Waals surface area (Å²) in [6.07, 6.45) is 2.27. The number of nitrogens with one attached hydrogen (secondary N) is 1. The Kier molecular flexibility index (Phi) is 5.66. The number of nitrogens with zero attached hydrogens (tertiary/aromatic N) is 1. The molecule has 1 atom stereocenters. The number of fused-ring (bicyclic) bond motifs is 1. The van der Waals surface area contributed by atoms with E-state index in [4.69, 9.17) is 9.31 Å². The van der Waals surface area contributed by atoms with Gasteiger partial charge in [-0.3, -0.25) is 4.79 Å². The van der Waals surface area contributed by atoms with E-state index in [2.05, 4.69) is 5.32 Å². The number of rotatable bonds is 4. The minimum Gasteiger partial charge on any atom is -0.399 e. The third kappa shape index (κ3) is 4.35. The second-order valence-corrected chi connectivity index (χ2v) is 13.3. The lowest BCUT2D eigenvalue weighted by molar-refractivity contribution is 0.00578. The quantitative estimate of drug-likeness (QED) is 0.542. The number of hydrogen-bond acceptors (Lipinski definition) is 5. The highest BCUT2D eigenvalue weighted by Crippen LogP contribution is 2.37. The molecular weight excluding hydrogens is 482 g/mol. The highest BCUT2D eigenvalue weighted by Gasteiger charge is 2.52. The third-order valence-corrected chi connectivity index (χ3v) is 9.53. The van der Waals surface area contributed by atoms with Crippen LogP contribution < -0.4 is 10.8 Å². The van der Waals surface area contributed by atoms with Crippen LogP contribution in [-0.4, -0.2) is 54.3 Å². The average Bonchev–Trinajstić information content (AvgIpc) is 3.36. The van der Waals surface area contributed by atoms with Gasteiger partial charge in [0.25, 0.3) is 5.91 Å². The predicted molar refractivity (Wildman–Crippen MR) is 138 cm³/mol. The molecule has 0 spiro atoms. The summed E-state index contributed by atoms with van der Waals surface area (Å²) in [6.45, 7) is 9.69. The molecule has 36 heavy (non-hydrogen) atoms. The number of amides is 1. The first-order chi connectivity index (χ1) is 16.7. The molecular formula is C26H30BFN2O5S. The second kappa shape index (κ2) is 8.16. The van der Waals surface area contributed by atoms with E-state index in [0.29, 0.717) is 12.0 Å². The van der Waals surface area contributed by atoms with Crippen molar-refractivity contribution in [3.05, 3.63) is 60.0 Å². The summed E-state index contributed by atoms with van der Waals surface area (Å²) in [6, 6.07) is 11.4. The predicted octanol–water partition coefficient (Wildman–Crippen LogP) is 3.38. The lowest BCUT2D eigenvalue weighted by Gasteiger charge is -2.32. The molecule has 1 N–H and O–H groups in total. The number of carbonyl (C=O) groups is 1. The monoisotopic (exact) mass is 512 g/mol. The Labute approximate surface area is 211 Å². The van der Waals surface area contributed by atoms with E-state index in [-0.39, 0.29) is 23.2 Å². The molecule has 0 radical (unpaired) electrons. The minimum absolute atomic E-state index is 0.0632. The van der Waals surface area contributed by atoms with E-state index in [0.717, 1.165) is 22.1 Å². The summed E-state index contributed by atoms with van der Waals surface area (Å²) in [5.41, 5.74) is 0.775. The Balaban J connectivity index is 1.57. The fourth-order valence-corrected chi connectivity index (χ4v) is 6.92. The number of hydrogen-bond donors (Lipinski definition) is 1. The Morgan fingerprint density at radius 2 is 1.67 bits per heavy atom. The van der Waals surface area contributed by atoms with Gasteiger partial charge in [0.15, 0.2) is 9.84 Å². The summed E-state index contributed by atoms with van der Waals surface area (Å²) in [5.74, 6) is -0.707. The molecule has 2 aliphatic heterocycles. The van der Waals surface area contributed by atoms with E-state index >= 15 is 0 Å². The van der Waals surface area contributed by atoms with Crippen LogP contribution in [0.15, 0.2) is 48.7 Å². The average molecular weight is 512 g/mol. The van der Waals surface area contributed by atoms with Crippen LogP contribution in [0.25, 0.3) is 16.6 Å². The van der Waals surface area contributed by atoms with Crippen LogP contribution in [0.1, 0.15) is 51.4 Å². The molecule has 1 aromatic heterocycles. The largest absolute Gasteiger partial charge is 0.497 e. The standard InChI is InChI=1S/C26H30BFN2O5S/c1-24(2)25(3,4)35-27(34-24)21-15-30(19-9-7-18(28)8-10-19)22-14-17(6-11-20(21)22)23(31)29-26(5)12-13-36(32,33)16-26/h6-11,14-15H,12-13,16H2,1-5H3,(H,29,31). The van der Waals surface area contributed by atoms with Crippen LogP contribution >= 0.6 is 0 Å². The normalized spacial score (nSPS) is 24.3. The van der Waals surface area contributed by atoms with Gasteiger partial charge in [0.1, 0.15) is 5.82 Å². The summed E-state index contributed by atoms with van der Waals surface area (Å²) in [7, 11) is -3.79. The zero-order chi connectivity index (χ0) is 26.1. The van der Waals surface area contributed by atoms with Gasteiger partial charge < -0.3 is 19.2 Å². The van der Waals surface area contributed by atoms with Gasteiger partial charge in [0, 0.05) is 22.9 Å². The van der Waals surface area contributed by atoms with Crippen LogP contribution in [0.3, 0.4) is 0 Å². The Bertz CT molecular complexity index is 1450. The zero-order valence-corrected chi connectivity index (χ0v) is 21.9. The van der Waals surface area contributed by atoms with Crippen LogP contribution in [0.4, 0.5) is 4.39 Å².